The second-order valence-corrected chi connectivity index (χ2v) is 5.36. The van der Waals surface area contributed by atoms with Gasteiger partial charge in [-0.25, -0.2) is 4.79 Å². The number of hydrogen-bond donors (Lipinski definition) is 2. The Kier molecular flexibility index (Phi) is 3.17. The van der Waals surface area contributed by atoms with Crippen molar-refractivity contribution in [2.45, 2.75) is 58.0 Å². The molecule has 3 heteroatoms. The van der Waals surface area contributed by atoms with Crippen molar-refractivity contribution in [3.63, 3.8) is 0 Å². The van der Waals surface area contributed by atoms with Crippen molar-refractivity contribution >= 4 is 6.03 Å². The van der Waals surface area contributed by atoms with Crippen LogP contribution >= 0.6 is 0 Å². The van der Waals surface area contributed by atoms with E-state index in [2.05, 4.69) is 24.5 Å². The fraction of sp³-hybridized carbons (Fsp3) is 0.917. The second-order valence-electron chi connectivity index (χ2n) is 5.36. The van der Waals surface area contributed by atoms with E-state index in [1.54, 1.807) is 0 Å². The van der Waals surface area contributed by atoms with Crippen LogP contribution in [0.2, 0.25) is 0 Å². The van der Waals surface area contributed by atoms with E-state index in [9.17, 15) is 4.79 Å². The zero-order valence-corrected chi connectivity index (χ0v) is 9.75. The van der Waals surface area contributed by atoms with Gasteiger partial charge in [-0.3, -0.25) is 0 Å². The average Bonchev–Trinajstić information content (AvgIpc) is 2.95. The number of carbonyl (C=O) groups excluding carboxylic acids is 1. The van der Waals surface area contributed by atoms with Crippen molar-refractivity contribution in [2.24, 2.45) is 11.8 Å². The van der Waals surface area contributed by atoms with Gasteiger partial charge >= 0.3 is 6.03 Å². The smallest absolute Gasteiger partial charge is 0.315 e. The molecule has 0 heterocycles. The van der Waals surface area contributed by atoms with Gasteiger partial charge in [0.05, 0.1) is 0 Å². The molecule has 86 valence electrons. The van der Waals surface area contributed by atoms with Crippen LogP contribution in [0.1, 0.15) is 46.0 Å². The van der Waals surface area contributed by atoms with Gasteiger partial charge in [-0.2, -0.15) is 0 Å². The van der Waals surface area contributed by atoms with Gasteiger partial charge in [-0.1, -0.05) is 13.8 Å². The number of urea groups is 1. The number of nitrogens with one attached hydrogen (secondary N) is 2. The molecule has 2 amide bonds. The van der Waals surface area contributed by atoms with Crippen LogP contribution in [0.15, 0.2) is 0 Å². The maximum Gasteiger partial charge on any atom is 0.315 e. The van der Waals surface area contributed by atoms with E-state index >= 15 is 0 Å². The monoisotopic (exact) mass is 210 g/mol. The highest BCUT2D eigenvalue weighted by Crippen LogP contribution is 2.29. The van der Waals surface area contributed by atoms with Gasteiger partial charge < -0.3 is 10.6 Å². The summed E-state index contributed by atoms with van der Waals surface area (Å²) in [6.07, 6.45) is 5.84. The molecule has 0 aromatic rings. The molecule has 2 aliphatic rings. The molecule has 0 radical (unpaired) electrons. The standard InChI is InChI=1S/C12H22N2O/c1-8-3-4-11(7-9(8)2)14-12(15)13-10-5-6-10/h8-11H,3-7H2,1-2H3,(H2,13,14,15). The molecule has 0 aromatic carbocycles. The first kappa shape index (κ1) is 10.8. The third-order valence-electron chi connectivity index (χ3n) is 3.85. The van der Waals surface area contributed by atoms with Crippen LogP contribution in [0.3, 0.4) is 0 Å². The first-order valence-corrected chi connectivity index (χ1v) is 6.22. The number of carbonyl (C=O) groups is 1. The summed E-state index contributed by atoms with van der Waals surface area (Å²) in [5.74, 6) is 1.56. The van der Waals surface area contributed by atoms with Crippen molar-refractivity contribution in [1.29, 1.82) is 0 Å². The Morgan fingerprint density at radius 3 is 2.13 bits per heavy atom. The van der Waals surface area contributed by atoms with Crippen molar-refractivity contribution in [1.82, 2.24) is 10.6 Å². The molecular weight excluding hydrogens is 188 g/mol. The zero-order chi connectivity index (χ0) is 10.8. The predicted octanol–water partition coefficient (Wildman–Crippen LogP) is 2.27. The van der Waals surface area contributed by atoms with Crippen LogP contribution in [0.4, 0.5) is 4.79 Å². The molecule has 3 nitrogen and oxygen atoms in total. The van der Waals surface area contributed by atoms with Crippen molar-refractivity contribution in [2.75, 3.05) is 0 Å². The Morgan fingerprint density at radius 1 is 0.933 bits per heavy atom. The van der Waals surface area contributed by atoms with E-state index in [1.807, 2.05) is 0 Å². The molecule has 0 bridgehead atoms. The molecule has 15 heavy (non-hydrogen) atoms. The summed E-state index contributed by atoms with van der Waals surface area (Å²) < 4.78 is 0. The molecule has 3 atom stereocenters. The maximum atomic E-state index is 11.5. The average molecular weight is 210 g/mol. The summed E-state index contributed by atoms with van der Waals surface area (Å²) in [5.41, 5.74) is 0. The van der Waals surface area contributed by atoms with Crippen LogP contribution in [0.25, 0.3) is 0 Å². The highest BCUT2D eigenvalue weighted by molar-refractivity contribution is 5.74. The van der Waals surface area contributed by atoms with Crippen molar-refractivity contribution in [3.8, 4) is 0 Å². The molecule has 2 saturated carbocycles. The van der Waals surface area contributed by atoms with Crippen LogP contribution in [-0.4, -0.2) is 18.1 Å². The van der Waals surface area contributed by atoms with Gasteiger partial charge in [0.15, 0.2) is 0 Å². The number of hydrogen-bond acceptors (Lipinski definition) is 1. The minimum Gasteiger partial charge on any atom is -0.335 e. The lowest BCUT2D eigenvalue weighted by Crippen LogP contribution is -2.45. The Labute approximate surface area is 92.0 Å². The quantitative estimate of drug-likeness (QED) is 0.721. The van der Waals surface area contributed by atoms with E-state index in [1.165, 1.54) is 6.42 Å². The summed E-state index contributed by atoms with van der Waals surface area (Å²) in [7, 11) is 0. The fourth-order valence-corrected chi connectivity index (χ4v) is 2.32. The van der Waals surface area contributed by atoms with E-state index in [-0.39, 0.29) is 6.03 Å². The fourth-order valence-electron chi connectivity index (χ4n) is 2.32. The van der Waals surface area contributed by atoms with Gasteiger partial charge in [0.25, 0.3) is 0 Å². The molecule has 2 fully saturated rings. The lowest BCUT2D eigenvalue weighted by atomic mass is 9.79. The van der Waals surface area contributed by atoms with E-state index < -0.39 is 0 Å². The molecule has 0 aliphatic heterocycles. The topological polar surface area (TPSA) is 41.1 Å². The zero-order valence-electron chi connectivity index (χ0n) is 9.75. The van der Waals surface area contributed by atoms with Crippen LogP contribution in [0.5, 0.6) is 0 Å². The molecule has 3 unspecified atom stereocenters. The summed E-state index contributed by atoms with van der Waals surface area (Å²) in [4.78, 5) is 11.5. The van der Waals surface area contributed by atoms with Crippen LogP contribution in [0, 0.1) is 11.8 Å². The van der Waals surface area contributed by atoms with E-state index in [0.717, 1.165) is 37.5 Å². The Balaban J connectivity index is 1.71. The summed E-state index contributed by atoms with van der Waals surface area (Å²) in [5, 5.41) is 6.07. The molecule has 2 rings (SSSR count). The minimum atomic E-state index is 0.0456. The summed E-state index contributed by atoms with van der Waals surface area (Å²) in [6, 6.07) is 0.907. The lowest BCUT2D eigenvalue weighted by molar-refractivity contribution is 0.208. The van der Waals surface area contributed by atoms with Crippen LogP contribution in [-0.2, 0) is 0 Å². The van der Waals surface area contributed by atoms with Gasteiger partial charge in [-0.05, 0) is 43.9 Å². The van der Waals surface area contributed by atoms with Gasteiger partial charge in [0.2, 0.25) is 0 Å². The Hall–Kier alpha value is -0.730. The third kappa shape index (κ3) is 3.11. The highest BCUT2D eigenvalue weighted by atomic mass is 16.2. The summed E-state index contributed by atoms with van der Waals surface area (Å²) >= 11 is 0. The highest BCUT2D eigenvalue weighted by Gasteiger charge is 2.27. The van der Waals surface area contributed by atoms with Crippen molar-refractivity contribution < 1.29 is 4.79 Å². The Morgan fingerprint density at radius 2 is 1.53 bits per heavy atom. The first-order valence-electron chi connectivity index (χ1n) is 6.22. The van der Waals surface area contributed by atoms with Gasteiger partial charge in [-0.15, -0.1) is 0 Å². The van der Waals surface area contributed by atoms with Gasteiger partial charge in [0.1, 0.15) is 0 Å². The third-order valence-corrected chi connectivity index (χ3v) is 3.85. The van der Waals surface area contributed by atoms with Crippen molar-refractivity contribution in [3.05, 3.63) is 0 Å². The molecule has 2 N–H and O–H groups in total. The minimum absolute atomic E-state index is 0.0456. The van der Waals surface area contributed by atoms with E-state index in [0.29, 0.717) is 12.1 Å². The first-order chi connectivity index (χ1) is 7.15. The molecule has 0 saturated heterocycles. The molecular formula is C12H22N2O. The Bertz CT molecular complexity index is 238. The molecule has 0 aromatic heterocycles. The number of rotatable bonds is 2. The van der Waals surface area contributed by atoms with Gasteiger partial charge in [0, 0.05) is 12.1 Å². The SMILES string of the molecule is CC1CCC(NC(=O)NC2CC2)CC1C. The maximum absolute atomic E-state index is 11.5. The molecule has 0 spiro atoms. The van der Waals surface area contributed by atoms with Crippen LogP contribution < -0.4 is 10.6 Å². The molecule has 2 aliphatic carbocycles. The van der Waals surface area contributed by atoms with E-state index in [4.69, 9.17) is 0 Å². The summed E-state index contributed by atoms with van der Waals surface area (Å²) in [6.45, 7) is 4.60. The number of amides is 2. The second kappa shape index (κ2) is 4.42. The normalized spacial score (nSPS) is 36.0. The predicted molar refractivity (Wildman–Crippen MR) is 60.7 cm³/mol. The lowest BCUT2D eigenvalue weighted by Gasteiger charge is -2.32. The largest absolute Gasteiger partial charge is 0.335 e.